The lowest BCUT2D eigenvalue weighted by atomic mass is 10.1. The number of hydrogen-bond donors (Lipinski definition) is 0. The Bertz CT molecular complexity index is 578. The number of benzene rings is 1. The van der Waals surface area contributed by atoms with Gasteiger partial charge in [0.25, 0.3) is 0 Å². The van der Waals surface area contributed by atoms with Crippen LogP contribution in [-0.2, 0) is 24.7 Å². The van der Waals surface area contributed by atoms with Crippen molar-refractivity contribution in [3.8, 4) is 0 Å². The van der Waals surface area contributed by atoms with E-state index in [0.29, 0.717) is 5.82 Å². The predicted molar refractivity (Wildman–Crippen MR) is 62.0 cm³/mol. The van der Waals surface area contributed by atoms with Crippen LogP contribution in [0.4, 0.5) is 8.78 Å². The van der Waals surface area contributed by atoms with Crippen LogP contribution in [-0.4, -0.2) is 15.3 Å². The minimum Gasteiger partial charge on any atom is -0.338 e. The number of nitrogens with zero attached hydrogens (tertiary/aromatic N) is 2. The summed E-state index contributed by atoms with van der Waals surface area (Å²) in [5.41, 5.74) is 0.204. The van der Waals surface area contributed by atoms with Gasteiger partial charge in [0, 0.05) is 31.9 Å². The molecule has 1 aromatic carbocycles. The smallest absolute Gasteiger partial charge is 0.144 e. The molecule has 0 aliphatic rings. The largest absolute Gasteiger partial charge is 0.338 e. The van der Waals surface area contributed by atoms with Crippen molar-refractivity contribution in [1.29, 1.82) is 0 Å². The Kier molecular flexibility index (Phi) is 3.50. The second-order valence-electron chi connectivity index (χ2n) is 4.08. The van der Waals surface area contributed by atoms with Crippen LogP contribution < -0.4 is 0 Å². The van der Waals surface area contributed by atoms with Gasteiger partial charge in [-0.1, -0.05) is 6.07 Å². The molecule has 1 aromatic heterocycles. The molecule has 0 atom stereocenters. The van der Waals surface area contributed by atoms with Gasteiger partial charge in [-0.25, -0.2) is 13.8 Å². The van der Waals surface area contributed by atoms with E-state index >= 15 is 0 Å². The summed E-state index contributed by atoms with van der Waals surface area (Å²) in [6.45, 7) is 0. The van der Waals surface area contributed by atoms with Crippen LogP contribution in [0.2, 0.25) is 0 Å². The number of aromatic nitrogens is 2. The van der Waals surface area contributed by atoms with Crippen molar-refractivity contribution in [1.82, 2.24) is 9.55 Å². The Morgan fingerprint density at radius 2 is 2.11 bits per heavy atom. The third-order valence-corrected chi connectivity index (χ3v) is 2.68. The Balaban J connectivity index is 2.05. The first-order valence-corrected chi connectivity index (χ1v) is 5.48. The van der Waals surface area contributed by atoms with Crippen molar-refractivity contribution in [2.24, 2.45) is 7.05 Å². The van der Waals surface area contributed by atoms with Gasteiger partial charge in [-0.3, -0.25) is 4.79 Å². The lowest BCUT2D eigenvalue weighted by Crippen LogP contribution is -2.11. The molecule has 0 radical (unpaired) electrons. The zero-order valence-corrected chi connectivity index (χ0v) is 9.86. The molecular formula is C13H12F2N2O. The second kappa shape index (κ2) is 5.08. The molecule has 0 unspecified atom stereocenters. The van der Waals surface area contributed by atoms with Crippen molar-refractivity contribution in [3.05, 3.63) is 53.6 Å². The van der Waals surface area contributed by atoms with E-state index in [1.807, 2.05) is 0 Å². The molecule has 0 aliphatic carbocycles. The van der Waals surface area contributed by atoms with Crippen molar-refractivity contribution in [3.63, 3.8) is 0 Å². The maximum absolute atomic E-state index is 13.4. The van der Waals surface area contributed by atoms with Crippen molar-refractivity contribution >= 4 is 5.78 Å². The highest BCUT2D eigenvalue weighted by molar-refractivity contribution is 5.82. The molecule has 3 nitrogen and oxygen atoms in total. The molecule has 0 spiro atoms. The van der Waals surface area contributed by atoms with E-state index in [0.717, 1.165) is 12.1 Å². The molecule has 0 fully saturated rings. The maximum atomic E-state index is 13.4. The first-order chi connectivity index (χ1) is 8.56. The van der Waals surface area contributed by atoms with Crippen molar-refractivity contribution in [2.45, 2.75) is 12.8 Å². The highest BCUT2D eigenvalue weighted by Gasteiger charge is 2.11. The quantitative estimate of drug-likeness (QED) is 0.832. The van der Waals surface area contributed by atoms with Gasteiger partial charge in [-0.2, -0.15) is 0 Å². The third-order valence-electron chi connectivity index (χ3n) is 2.68. The molecule has 0 bridgehead atoms. The molecule has 2 rings (SSSR count). The molecule has 0 N–H and O–H groups in total. The average Bonchev–Trinajstić information content (AvgIpc) is 2.69. The summed E-state index contributed by atoms with van der Waals surface area (Å²) in [7, 11) is 1.79. The fourth-order valence-electron chi connectivity index (χ4n) is 1.68. The number of aryl methyl sites for hydroxylation is 1. The molecule has 0 aliphatic heterocycles. The van der Waals surface area contributed by atoms with Crippen LogP contribution in [0.25, 0.3) is 0 Å². The van der Waals surface area contributed by atoms with Crippen LogP contribution in [0.1, 0.15) is 11.4 Å². The van der Waals surface area contributed by atoms with Crippen LogP contribution in [0, 0.1) is 11.6 Å². The molecule has 0 amide bonds. The summed E-state index contributed by atoms with van der Waals surface area (Å²) >= 11 is 0. The molecule has 94 valence electrons. The van der Waals surface area contributed by atoms with E-state index in [1.54, 1.807) is 24.0 Å². The molecular weight excluding hydrogens is 238 g/mol. The van der Waals surface area contributed by atoms with E-state index in [1.165, 1.54) is 6.07 Å². The number of imidazole rings is 1. The Morgan fingerprint density at radius 3 is 2.72 bits per heavy atom. The number of ketones is 1. The summed E-state index contributed by atoms with van der Waals surface area (Å²) in [6, 6.07) is 3.22. The number of carbonyl (C=O) groups is 1. The first-order valence-electron chi connectivity index (χ1n) is 5.48. The minimum absolute atomic E-state index is 0.0566. The molecule has 0 saturated heterocycles. The maximum Gasteiger partial charge on any atom is 0.144 e. The second-order valence-corrected chi connectivity index (χ2v) is 4.08. The van der Waals surface area contributed by atoms with Gasteiger partial charge < -0.3 is 4.57 Å². The van der Waals surface area contributed by atoms with E-state index in [-0.39, 0.29) is 24.2 Å². The molecule has 0 saturated carbocycles. The Labute approximate surface area is 103 Å². The zero-order chi connectivity index (χ0) is 13.1. The van der Waals surface area contributed by atoms with E-state index in [9.17, 15) is 13.6 Å². The monoisotopic (exact) mass is 250 g/mol. The Hall–Kier alpha value is -2.04. The van der Waals surface area contributed by atoms with Crippen LogP contribution in [0.3, 0.4) is 0 Å². The zero-order valence-electron chi connectivity index (χ0n) is 9.86. The third kappa shape index (κ3) is 2.80. The van der Waals surface area contributed by atoms with E-state index in [4.69, 9.17) is 0 Å². The van der Waals surface area contributed by atoms with Crippen molar-refractivity contribution in [2.75, 3.05) is 0 Å². The normalized spacial score (nSPS) is 10.6. The SMILES string of the molecule is Cn1ccnc1CC(=O)Cc1ccc(F)cc1F. The van der Waals surface area contributed by atoms with Gasteiger partial charge in [0.2, 0.25) is 0 Å². The van der Waals surface area contributed by atoms with Gasteiger partial charge in [0.1, 0.15) is 23.2 Å². The minimum atomic E-state index is -0.691. The van der Waals surface area contributed by atoms with Gasteiger partial charge >= 0.3 is 0 Å². The summed E-state index contributed by atoms with van der Waals surface area (Å²) in [5, 5.41) is 0. The van der Waals surface area contributed by atoms with Gasteiger partial charge in [-0.15, -0.1) is 0 Å². The first kappa shape index (κ1) is 12.4. The fourth-order valence-corrected chi connectivity index (χ4v) is 1.68. The van der Waals surface area contributed by atoms with Crippen LogP contribution in [0.15, 0.2) is 30.6 Å². The van der Waals surface area contributed by atoms with Gasteiger partial charge in [0.05, 0.1) is 6.42 Å². The highest BCUT2D eigenvalue weighted by atomic mass is 19.1. The molecule has 2 aromatic rings. The van der Waals surface area contributed by atoms with Crippen LogP contribution >= 0.6 is 0 Å². The lowest BCUT2D eigenvalue weighted by Gasteiger charge is -2.03. The topological polar surface area (TPSA) is 34.9 Å². The summed E-state index contributed by atoms with van der Waals surface area (Å²) in [4.78, 5) is 15.8. The van der Waals surface area contributed by atoms with Crippen molar-refractivity contribution < 1.29 is 13.6 Å². The van der Waals surface area contributed by atoms with Gasteiger partial charge in [0.15, 0.2) is 0 Å². The summed E-state index contributed by atoms with van der Waals surface area (Å²) in [6.07, 6.45) is 3.42. The Morgan fingerprint density at radius 1 is 1.33 bits per heavy atom. The summed E-state index contributed by atoms with van der Waals surface area (Å²) in [5.74, 6) is -0.867. The standard InChI is InChI=1S/C13H12F2N2O/c1-17-5-4-16-13(17)8-11(18)6-9-2-3-10(14)7-12(9)15/h2-5,7H,6,8H2,1H3. The number of hydrogen-bond acceptors (Lipinski definition) is 2. The van der Waals surface area contributed by atoms with E-state index < -0.39 is 11.6 Å². The van der Waals surface area contributed by atoms with E-state index in [2.05, 4.69) is 4.98 Å². The van der Waals surface area contributed by atoms with Gasteiger partial charge in [-0.05, 0) is 11.6 Å². The number of carbonyl (C=O) groups excluding carboxylic acids is 1. The molecule has 5 heteroatoms. The number of rotatable bonds is 4. The number of Topliss-reactive ketones (excluding diaryl/α,β-unsaturated/α-hetero) is 1. The number of halogens is 2. The predicted octanol–water partition coefficient (Wildman–Crippen LogP) is 2.05. The molecule has 18 heavy (non-hydrogen) atoms. The summed E-state index contributed by atoms with van der Waals surface area (Å²) < 4.78 is 27.8. The molecule has 1 heterocycles. The highest BCUT2D eigenvalue weighted by Crippen LogP contribution is 2.11. The van der Waals surface area contributed by atoms with Crippen LogP contribution in [0.5, 0.6) is 0 Å². The fraction of sp³-hybridized carbons (Fsp3) is 0.231. The average molecular weight is 250 g/mol. The lowest BCUT2D eigenvalue weighted by molar-refractivity contribution is -0.118.